The molecule has 0 unspecified atom stereocenters. The van der Waals surface area contributed by atoms with Crippen LogP contribution in [0.4, 0.5) is 0 Å². The zero-order valence-electron chi connectivity index (χ0n) is 11.9. The molecule has 0 saturated carbocycles. The summed E-state index contributed by atoms with van der Waals surface area (Å²) in [6.45, 7) is 0.567. The predicted molar refractivity (Wildman–Crippen MR) is 84.4 cm³/mol. The molecule has 1 amide bonds. The summed E-state index contributed by atoms with van der Waals surface area (Å²) >= 11 is 0.907. The van der Waals surface area contributed by atoms with Crippen LogP contribution in [-0.4, -0.2) is 33.6 Å². The first-order chi connectivity index (χ1) is 10.9. The highest BCUT2D eigenvalue weighted by Gasteiger charge is 2.22. The van der Waals surface area contributed by atoms with Gasteiger partial charge in [0.05, 0.1) is 12.1 Å². The Balaban J connectivity index is 1.59. The Morgan fingerprint density at radius 2 is 2.09 bits per heavy atom. The van der Waals surface area contributed by atoms with Gasteiger partial charge in [0.1, 0.15) is 16.9 Å². The van der Waals surface area contributed by atoms with Crippen LogP contribution in [0.5, 0.6) is 11.5 Å². The second-order valence-electron chi connectivity index (χ2n) is 4.91. The summed E-state index contributed by atoms with van der Waals surface area (Å²) in [6, 6.07) is 8.54. The lowest BCUT2D eigenvalue weighted by Gasteiger charge is -2.26. The average Bonchev–Trinajstić information content (AvgIpc) is 3.02. The fraction of sp³-hybridized carbons (Fsp3) is 0.214. The van der Waals surface area contributed by atoms with Crippen LogP contribution in [0.3, 0.4) is 0 Å². The molecule has 0 aliphatic carbocycles. The lowest BCUT2D eigenvalue weighted by atomic mass is 10.2. The molecule has 23 heavy (non-hydrogen) atoms. The van der Waals surface area contributed by atoms with E-state index in [0.717, 1.165) is 11.3 Å². The first-order valence-corrected chi connectivity index (χ1v) is 9.14. The van der Waals surface area contributed by atoms with Crippen LogP contribution in [0.1, 0.15) is 10.4 Å². The van der Waals surface area contributed by atoms with Crippen LogP contribution in [0.25, 0.3) is 0 Å². The Labute approximate surface area is 137 Å². The number of sulfonamides is 1. The van der Waals surface area contributed by atoms with Gasteiger partial charge < -0.3 is 14.8 Å². The fourth-order valence-electron chi connectivity index (χ4n) is 2.06. The van der Waals surface area contributed by atoms with Crippen LogP contribution in [-0.2, 0) is 10.0 Å². The third-order valence-electron chi connectivity index (χ3n) is 3.18. The van der Waals surface area contributed by atoms with Crippen LogP contribution < -0.4 is 19.9 Å². The molecule has 0 radical (unpaired) electrons. The van der Waals surface area contributed by atoms with E-state index in [1.807, 2.05) is 18.2 Å². The molecule has 1 aliphatic heterocycles. The number of fused-ring (bicyclic) bond motifs is 1. The number of nitrogens with two attached hydrogens (primary N) is 1. The minimum atomic E-state index is -3.79. The van der Waals surface area contributed by atoms with Crippen molar-refractivity contribution in [3.05, 3.63) is 41.3 Å². The summed E-state index contributed by atoms with van der Waals surface area (Å²) in [5, 5.41) is 9.16. The van der Waals surface area contributed by atoms with Crippen LogP contribution in [0, 0.1) is 0 Å². The van der Waals surface area contributed by atoms with E-state index in [1.54, 1.807) is 6.07 Å². The van der Waals surface area contributed by atoms with Crippen molar-refractivity contribution in [3.8, 4) is 11.5 Å². The number of primary sulfonamides is 1. The number of rotatable bonds is 4. The van der Waals surface area contributed by atoms with Gasteiger partial charge in [0.15, 0.2) is 11.5 Å². The number of hydrogen-bond donors (Lipinski definition) is 2. The smallest absolute Gasteiger partial charge is 0.252 e. The van der Waals surface area contributed by atoms with Gasteiger partial charge in [-0.25, -0.2) is 13.6 Å². The van der Waals surface area contributed by atoms with Crippen molar-refractivity contribution < 1.29 is 22.7 Å². The first kappa shape index (κ1) is 15.8. The maximum absolute atomic E-state index is 12.0. The van der Waals surface area contributed by atoms with E-state index in [1.165, 1.54) is 11.4 Å². The number of ether oxygens (including phenoxy) is 2. The molecule has 0 bridgehead atoms. The van der Waals surface area contributed by atoms with Gasteiger partial charge in [-0.15, -0.1) is 11.3 Å². The van der Waals surface area contributed by atoms with E-state index >= 15 is 0 Å². The van der Waals surface area contributed by atoms with Gasteiger partial charge in [-0.3, -0.25) is 4.79 Å². The summed E-state index contributed by atoms with van der Waals surface area (Å²) in [4.78, 5) is 12.0. The highest BCUT2D eigenvalue weighted by molar-refractivity contribution is 7.91. The molecular weight excluding hydrogens is 340 g/mol. The minimum absolute atomic E-state index is 0.0474. The molecule has 0 saturated heterocycles. The molecule has 1 aliphatic rings. The average molecular weight is 354 g/mol. The quantitative estimate of drug-likeness (QED) is 0.850. The minimum Gasteiger partial charge on any atom is -0.486 e. The van der Waals surface area contributed by atoms with Crippen LogP contribution in [0.2, 0.25) is 0 Å². The molecule has 2 aromatic rings. The van der Waals surface area contributed by atoms with Crippen LogP contribution >= 0.6 is 11.3 Å². The number of amides is 1. The van der Waals surface area contributed by atoms with E-state index in [2.05, 4.69) is 5.32 Å². The molecule has 122 valence electrons. The largest absolute Gasteiger partial charge is 0.486 e. The Hall–Kier alpha value is -2.10. The molecule has 3 rings (SSSR count). The standard InChI is InChI=1S/C14H14N2O5S2/c15-23(18,19)13-5-9(8-22-13)14(17)16-6-10-7-20-11-3-1-2-4-12(11)21-10/h1-5,8,10H,6-7H2,(H,16,17)(H2,15,18,19)/t10-/m1/s1. The monoisotopic (exact) mass is 354 g/mol. The number of carbonyl (C=O) groups is 1. The van der Waals surface area contributed by atoms with E-state index < -0.39 is 15.9 Å². The SMILES string of the molecule is NS(=O)(=O)c1cc(C(=O)NC[C@@H]2COc3ccccc3O2)cs1. The number of benzene rings is 1. The maximum atomic E-state index is 12.0. The van der Waals surface area contributed by atoms with Crippen molar-refractivity contribution in [2.45, 2.75) is 10.3 Å². The summed E-state index contributed by atoms with van der Waals surface area (Å²) in [5.74, 6) is 0.911. The van der Waals surface area contributed by atoms with Gasteiger partial charge in [0, 0.05) is 5.38 Å². The number of nitrogens with one attached hydrogen (secondary N) is 1. The summed E-state index contributed by atoms with van der Waals surface area (Å²) in [5.41, 5.74) is 0.246. The number of para-hydroxylation sites is 2. The maximum Gasteiger partial charge on any atom is 0.252 e. The van der Waals surface area contributed by atoms with E-state index in [0.29, 0.717) is 18.1 Å². The Kier molecular flexibility index (Phi) is 4.24. The van der Waals surface area contributed by atoms with Crippen LogP contribution in [0.15, 0.2) is 39.9 Å². The predicted octanol–water partition coefficient (Wildman–Crippen LogP) is 0.965. The molecule has 1 aromatic carbocycles. The van der Waals surface area contributed by atoms with Crippen molar-refractivity contribution in [2.24, 2.45) is 5.14 Å². The highest BCUT2D eigenvalue weighted by Crippen LogP contribution is 2.30. The normalized spacial score (nSPS) is 16.8. The first-order valence-electron chi connectivity index (χ1n) is 6.71. The Bertz CT molecular complexity index is 831. The van der Waals surface area contributed by atoms with Crippen molar-refractivity contribution in [1.82, 2.24) is 5.32 Å². The van der Waals surface area contributed by atoms with Crippen molar-refractivity contribution in [3.63, 3.8) is 0 Å². The topological polar surface area (TPSA) is 108 Å². The van der Waals surface area contributed by atoms with E-state index in [9.17, 15) is 13.2 Å². The molecule has 0 spiro atoms. The molecule has 0 fully saturated rings. The lowest BCUT2D eigenvalue weighted by Crippen LogP contribution is -2.40. The summed E-state index contributed by atoms with van der Waals surface area (Å²) in [6.07, 6.45) is -0.315. The van der Waals surface area contributed by atoms with Gasteiger partial charge in [0.25, 0.3) is 5.91 Å². The Morgan fingerprint density at radius 3 is 2.78 bits per heavy atom. The zero-order chi connectivity index (χ0) is 16.4. The van der Waals surface area contributed by atoms with Gasteiger partial charge in [-0.2, -0.15) is 0 Å². The third kappa shape index (κ3) is 3.63. The summed E-state index contributed by atoms with van der Waals surface area (Å²) in [7, 11) is -3.79. The van der Waals surface area contributed by atoms with Crippen molar-refractivity contribution in [1.29, 1.82) is 0 Å². The van der Waals surface area contributed by atoms with E-state index in [4.69, 9.17) is 14.6 Å². The molecule has 7 nitrogen and oxygen atoms in total. The van der Waals surface area contributed by atoms with Gasteiger partial charge >= 0.3 is 0 Å². The Morgan fingerprint density at radius 1 is 1.35 bits per heavy atom. The third-order valence-corrected chi connectivity index (χ3v) is 5.56. The summed E-state index contributed by atoms with van der Waals surface area (Å²) < 4.78 is 33.7. The van der Waals surface area contributed by atoms with Crippen molar-refractivity contribution >= 4 is 27.3 Å². The molecule has 9 heteroatoms. The zero-order valence-corrected chi connectivity index (χ0v) is 13.5. The second-order valence-corrected chi connectivity index (χ2v) is 7.61. The van der Waals surface area contributed by atoms with E-state index in [-0.39, 0.29) is 22.4 Å². The fourth-order valence-corrected chi connectivity index (χ4v) is 3.64. The van der Waals surface area contributed by atoms with Gasteiger partial charge in [-0.1, -0.05) is 12.1 Å². The molecule has 2 heterocycles. The van der Waals surface area contributed by atoms with Crippen molar-refractivity contribution in [2.75, 3.05) is 13.2 Å². The molecule has 3 N–H and O–H groups in total. The van der Waals surface area contributed by atoms with Gasteiger partial charge in [0.2, 0.25) is 10.0 Å². The second kappa shape index (κ2) is 6.19. The number of carbonyl (C=O) groups excluding carboxylic acids is 1. The number of thiophene rings is 1. The molecular formula is C14H14N2O5S2. The molecule has 1 atom stereocenters. The highest BCUT2D eigenvalue weighted by atomic mass is 32.2. The lowest BCUT2D eigenvalue weighted by molar-refractivity contribution is 0.0789. The van der Waals surface area contributed by atoms with Gasteiger partial charge in [-0.05, 0) is 18.2 Å². The molecule has 1 aromatic heterocycles. The number of hydrogen-bond acceptors (Lipinski definition) is 6.